The van der Waals surface area contributed by atoms with Gasteiger partial charge in [0.2, 0.25) is 0 Å². The van der Waals surface area contributed by atoms with Crippen LogP contribution in [0.25, 0.3) is 22.6 Å². The highest BCUT2D eigenvalue weighted by Crippen LogP contribution is 2.29. The SMILES string of the molecule is Cc1cccc(C=NCc2cc(N3CCOCC3)c3nc(-c4cnn(-c5ccccc5)c4C)cn3n2)c1. The Morgan fingerprint density at radius 3 is 2.65 bits per heavy atom. The van der Waals surface area contributed by atoms with Crippen molar-refractivity contribution in [2.75, 3.05) is 31.2 Å². The van der Waals surface area contributed by atoms with Gasteiger partial charge in [0.05, 0.1) is 60.6 Å². The van der Waals surface area contributed by atoms with Gasteiger partial charge in [-0.25, -0.2) is 14.2 Å². The zero-order valence-electron chi connectivity index (χ0n) is 21.1. The maximum Gasteiger partial charge on any atom is 0.177 e. The lowest BCUT2D eigenvalue weighted by atomic mass is 10.1. The number of morpholine rings is 1. The van der Waals surface area contributed by atoms with Gasteiger partial charge in [-0.2, -0.15) is 10.2 Å². The van der Waals surface area contributed by atoms with Gasteiger partial charge in [0, 0.05) is 24.9 Å². The lowest BCUT2D eigenvalue weighted by Gasteiger charge is -2.29. The molecular formula is C29H29N7O. The van der Waals surface area contributed by atoms with Crippen molar-refractivity contribution < 1.29 is 4.74 Å². The maximum atomic E-state index is 5.60. The standard InChI is InChI=1S/C29H29N7O/c1-21-7-6-8-23(15-21)17-30-18-24-16-28(34-11-13-37-14-12-34)29-32-27(20-35(29)33-24)26-19-31-36(22(26)2)25-9-4-3-5-10-25/h3-10,15-17,19-20H,11-14,18H2,1-2H3. The normalized spacial score (nSPS) is 14.2. The van der Waals surface area contributed by atoms with E-state index in [0.29, 0.717) is 19.8 Å². The summed E-state index contributed by atoms with van der Waals surface area (Å²) in [6.07, 6.45) is 5.78. The fourth-order valence-electron chi connectivity index (χ4n) is 4.74. The summed E-state index contributed by atoms with van der Waals surface area (Å²) in [5.41, 5.74) is 8.97. The molecule has 0 atom stereocenters. The molecule has 0 amide bonds. The van der Waals surface area contributed by atoms with Crippen molar-refractivity contribution in [1.29, 1.82) is 0 Å². The number of hydrogen-bond acceptors (Lipinski definition) is 6. The van der Waals surface area contributed by atoms with E-state index in [1.165, 1.54) is 5.56 Å². The van der Waals surface area contributed by atoms with Crippen LogP contribution in [-0.2, 0) is 11.3 Å². The Balaban J connectivity index is 1.37. The molecule has 4 heterocycles. The number of rotatable bonds is 6. The molecule has 0 spiro atoms. The number of anilines is 1. The summed E-state index contributed by atoms with van der Waals surface area (Å²) >= 11 is 0. The fourth-order valence-corrected chi connectivity index (χ4v) is 4.74. The molecule has 1 aliphatic rings. The molecule has 6 rings (SSSR count). The summed E-state index contributed by atoms with van der Waals surface area (Å²) in [5, 5.41) is 9.51. The Morgan fingerprint density at radius 2 is 1.84 bits per heavy atom. The first-order valence-corrected chi connectivity index (χ1v) is 12.5. The average Bonchev–Trinajstić information content (AvgIpc) is 3.52. The van der Waals surface area contributed by atoms with Crippen LogP contribution in [0.1, 0.15) is 22.5 Å². The number of imidazole rings is 1. The van der Waals surface area contributed by atoms with Crippen molar-refractivity contribution in [1.82, 2.24) is 24.4 Å². The largest absolute Gasteiger partial charge is 0.378 e. The predicted molar refractivity (Wildman–Crippen MR) is 146 cm³/mol. The molecule has 37 heavy (non-hydrogen) atoms. The van der Waals surface area contributed by atoms with Gasteiger partial charge < -0.3 is 9.64 Å². The Kier molecular flexibility index (Phi) is 6.24. The van der Waals surface area contributed by atoms with E-state index in [2.05, 4.69) is 65.2 Å². The number of aryl methyl sites for hydroxylation is 1. The van der Waals surface area contributed by atoms with E-state index in [-0.39, 0.29) is 0 Å². The number of benzene rings is 2. The zero-order valence-corrected chi connectivity index (χ0v) is 21.1. The minimum absolute atomic E-state index is 0.486. The van der Waals surface area contributed by atoms with Gasteiger partial charge in [-0.3, -0.25) is 4.99 Å². The number of fused-ring (bicyclic) bond motifs is 1. The molecule has 0 bridgehead atoms. The zero-order chi connectivity index (χ0) is 25.2. The molecule has 0 N–H and O–H groups in total. The quantitative estimate of drug-likeness (QED) is 0.323. The second kappa shape index (κ2) is 9.99. The predicted octanol–water partition coefficient (Wildman–Crippen LogP) is 4.65. The van der Waals surface area contributed by atoms with Crippen LogP contribution in [0.3, 0.4) is 0 Å². The average molecular weight is 492 g/mol. The van der Waals surface area contributed by atoms with Crippen molar-refractivity contribution in [3.63, 3.8) is 0 Å². The number of aromatic nitrogens is 5. The van der Waals surface area contributed by atoms with Crippen molar-refractivity contribution in [2.45, 2.75) is 20.4 Å². The van der Waals surface area contributed by atoms with Gasteiger partial charge in [0.25, 0.3) is 0 Å². The minimum atomic E-state index is 0.486. The third kappa shape index (κ3) is 4.75. The minimum Gasteiger partial charge on any atom is -0.378 e. The molecule has 8 nitrogen and oxygen atoms in total. The first-order chi connectivity index (χ1) is 18.2. The molecule has 0 aliphatic carbocycles. The summed E-state index contributed by atoms with van der Waals surface area (Å²) in [6.45, 7) is 7.68. The van der Waals surface area contributed by atoms with Gasteiger partial charge in [0.1, 0.15) is 0 Å². The lowest BCUT2D eigenvalue weighted by Crippen LogP contribution is -2.36. The molecule has 1 saturated heterocycles. The molecule has 3 aromatic heterocycles. The van der Waals surface area contributed by atoms with E-state index in [0.717, 1.165) is 58.3 Å². The van der Waals surface area contributed by atoms with Crippen molar-refractivity contribution >= 4 is 17.5 Å². The van der Waals surface area contributed by atoms with Gasteiger partial charge in [-0.05, 0) is 37.6 Å². The Hall–Kier alpha value is -4.30. The van der Waals surface area contributed by atoms with Crippen LogP contribution in [-0.4, -0.2) is 56.9 Å². The first-order valence-electron chi connectivity index (χ1n) is 12.5. The molecule has 1 fully saturated rings. The molecule has 0 saturated carbocycles. The van der Waals surface area contributed by atoms with Crippen LogP contribution in [0, 0.1) is 13.8 Å². The molecule has 0 unspecified atom stereocenters. The number of hydrogen-bond donors (Lipinski definition) is 0. The van der Waals surface area contributed by atoms with E-state index in [1.54, 1.807) is 0 Å². The number of aliphatic imine (C=N–C) groups is 1. The van der Waals surface area contributed by atoms with Crippen LogP contribution >= 0.6 is 0 Å². The second-order valence-corrected chi connectivity index (χ2v) is 9.29. The summed E-state index contributed by atoms with van der Waals surface area (Å²) in [5.74, 6) is 0. The van der Waals surface area contributed by atoms with Crippen molar-refractivity contribution in [3.05, 3.63) is 95.6 Å². The molecular weight excluding hydrogens is 462 g/mol. The summed E-state index contributed by atoms with van der Waals surface area (Å²) in [6, 6.07) is 20.6. The van der Waals surface area contributed by atoms with Gasteiger partial charge in [0.15, 0.2) is 5.65 Å². The van der Waals surface area contributed by atoms with E-state index >= 15 is 0 Å². The van der Waals surface area contributed by atoms with E-state index in [4.69, 9.17) is 14.8 Å². The molecule has 5 aromatic rings. The summed E-state index contributed by atoms with van der Waals surface area (Å²) in [4.78, 5) is 12.0. The maximum absolute atomic E-state index is 5.60. The van der Waals surface area contributed by atoms with Crippen molar-refractivity contribution in [3.8, 4) is 16.9 Å². The lowest BCUT2D eigenvalue weighted by molar-refractivity contribution is 0.123. The van der Waals surface area contributed by atoms with Gasteiger partial charge >= 0.3 is 0 Å². The van der Waals surface area contributed by atoms with Gasteiger partial charge in [-0.15, -0.1) is 0 Å². The molecule has 186 valence electrons. The first kappa shape index (κ1) is 23.1. The summed E-state index contributed by atoms with van der Waals surface area (Å²) in [7, 11) is 0. The highest BCUT2D eigenvalue weighted by atomic mass is 16.5. The Bertz CT molecular complexity index is 1560. The van der Waals surface area contributed by atoms with Crippen molar-refractivity contribution in [2.24, 2.45) is 4.99 Å². The smallest absolute Gasteiger partial charge is 0.177 e. The molecule has 8 heteroatoms. The Morgan fingerprint density at radius 1 is 1.00 bits per heavy atom. The second-order valence-electron chi connectivity index (χ2n) is 9.29. The van der Waals surface area contributed by atoms with Crippen LogP contribution in [0.15, 0.2) is 78.0 Å². The Labute approximate surface area is 215 Å². The topological polar surface area (TPSA) is 72.8 Å². The summed E-state index contributed by atoms with van der Waals surface area (Å²) < 4.78 is 9.43. The third-order valence-corrected chi connectivity index (χ3v) is 6.63. The molecule has 0 radical (unpaired) electrons. The highest BCUT2D eigenvalue weighted by Gasteiger charge is 2.20. The third-order valence-electron chi connectivity index (χ3n) is 6.63. The number of nitrogens with zero attached hydrogens (tertiary/aromatic N) is 7. The fraction of sp³-hybridized carbons (Fsp3) is 0.241. The van der Waals surface area contributed by atoms with Crippen LogP contribution in [0.4, 0.5) is 5.69 Å². The van der Waals surface area contributed by atoms with Crippen LogP contribution in [0.5, 0.6) is 0 Å². The number of para-hydroxylation sites is 1. The monoisotopic (exact) mass is 491 g/mol. The van der Waals surface area contributed by atoms with E-state index in [1.807, 2.05) is 52.1 Å². The van der Waals surface area contributed by atoms with Gasteiger partial charge in [-0.1, -0.05) is 48.0 Å². The van der Waals surface area contributed by atoms with Crippen LogP contribution in [0.2, 0.25) is 0 Å². The molecule has 1 aliphatic heterocycles. The number of ether oxygens (including phenoxy) is 1. The van der Waals surface area contributed by atoms with E-state index in [9.17, 15) is 0 Å². The van der Waals surface area contributed by atoms with E-state index < -0.39 is 0 Å². The molecule has 2 aromatic carbocycles. The van der Waals surface area contributed by atoms with Crippen LogP contribution < -0.4 is 4.90 Å². The highest BCUT2D eigenvalue weighted by molar-refractivity contribution is 5.80.